The molecule has 1 saturated heterocycles. The molecule has 1 aliphatic heterocycles. The molecule has 1 aromatic rings. The van der Waals surface area contributed by atoms with Gasteiger partial charge in [-0.2, -0.15) is 0 Å². The first kappa shape index (κ1) is 17.8. The molecular weight excluding hydrogens is 311 g/mol. The molecule has 2 heterocycles. The van der Waals surface area contributed by atoms with Crippen molar-refractivity contribution < 1.29 is 24.1 Å². The van der Waals surface area contributed by atoms with Crippen molar-refractivity contribution in [3.8, 4) is 0 Å². The highest BCUT2D eigenvalue weighted by molar-refractivity contribution is 5.04. The molecule has 1 aliphatic rings. The fraction of sp³-hybridized carbons (Fsp3) is 0.714. The number of rotatable bonds is 7. The van der Waals surface area contributed by atoms with E-state index in [-0.39, 0.29) is 32.8 Å². The lowest BCUT2D eigenvalue weighted by molar-refractivity contribution is -0.0464. The number of ether oxygens (including phenoxy) is 2. The number of aromatic nitrogens is 2. The number of aliphatic hydroxyl groups excluding tert-OH is 2. The Balaban J connectivity index is 2.26. The Labute approximate surface area is 131 Å². The first-order chi connectivity index (χ1) is 11.0. The lowest BCUT2D eigenvalue weighted by Crippen LogP contribution is -2.43. The normalized spacial score (nSPS) is 24.3. The molecule has 0 aromatic carbocycles. The van der Waals surface area contributed by atoms with Gasteiger partial charge in [0, 0.05) is 18.2 Å². The van der Waals surface area contributed by atoms with Gasteiger partial charge in [-0.1, -0.05) is 0 Å². The average molecular weight is 332 g/mol. The Morgan fingerprint density at radius 2 is 2.17 bits per heavy atom. The molecule has 23 heavy (non-hydrogen) atoms. The van der Waals surface area contributed by atoms with E-state index in [4.69, 9.17) is 14.6 Å². The van der Waals surface area contributed by atoms with Crippen molar-refractivity contribution >= 4 is 0 Å². The van der Waals surface area contributed by atoms with Crippen LogP contribution in [0.1, 0.15) is 18.2 Å². The zero-order valence-electron chi connectivity index (χ0n) is 12.9. The van der Waals surface area contributed by atoms with Gasteiger partial charge in [0.25, 0.3) is 5.56 Å². The largest absolute Gasteiger partial charge is 0.394 e. The molecule has 0 saturated carbocycles. The number of alkyl halides is 1. The van der Waals surface area contributed by atoms with Gasteiger partial charge in [-0.25, -0.2) is 9.18 Å². The summed E-state index contributed by atoms with van der Waals surface area (Å²) in [7, 11) is 0. The van der Waals surface area contributed by atoms with Crippen molar-refractivity contribution in [3.05, 3.63) is 32.6 Å². The van der Waals surface area contributed by atoms with Gasteiger partial charge in [0.15, 0.2) is 0 Å². The molecule has 1 aromatic heterocycles. The first-order valence-electron chi connectivity index (χ1n) is 7.40. The van der Waals surface area contributed by atoms with Crippen molar-refractivity contribution in [1.82, 2.24) is 9.13 Å². The van der Waals surface area contributed by atoms with Crippen molar-refractivity contribution in [2.75, 3.05) is 26.5 Å². The van der Waals surface area contributed by atoms with E-state index in [0.717, 1.165) is 4.57 Å². The molecule has 0 spiro atoms. The zero-order chi connectivity index (χ0) is 17.0. The number of hydrogen-bond acceptors (Lipinski definition) is 6. The summed E-state index contributed by atoms with van der Waals surface area (Å²) in [6, 6.07) is 0. The molecule has 1 fully saturated rings. The molecule has 0 unspecified atom stereocenters. The smallest absolute Gasteiger partial charge is 0.333 e. The van der Waals surface area contributed by atoms with Crippen molar-refractivity contribution in [3.63, 3.8) is 0 Å². The topological polar surface area (TPSA) is 103 Å². The number of aliphatic hydroxyl groups is 2. The van der Waals surface area contributed by atoms with Gasteiger partial charge < -0.3 is 19.7 Å². The van der Waals surface area contributed by atoms with E-state index in [2.05, 4.69) is 0 Å². The van der Waals surface area contributed by atoms with Crippen molar-refractivity contribution in [2.24, 2.45) is 0 Å². The van der Waals surface area contributed by atoms with Gasteiger partial charge in [-0.3, -0.25) is 13.9 Å². The van der Waals surface area contributed by atoms with Crippen LogP contribution in [0.2, 0.25) is 0 Å². The van der Waals surface area contributed by atoms with E-state index < -0.39 is 36.4 Å². The quantitative estimate of drug-likeness (QED) is 0.618. The Hall–Kier alpha value is -1.55. The van der Waals surface area contributed by atoms with Crippen molar-refractivity contribution in [2.45, 2.75) is 38.3 Å². The first-order valence-corrected chi connectivity index (χ1v) is 7.40. The maximum absolute atomic E-state index is 12.5. The predicted octanol–water partition coefficient (Wildman–Crippen LogP) is -1.05. The van der Waals surface area contributed by atoms with Crippen LogP contribution in [-0.2, 0) is 16.0 Å². The summed E-state index contributed by atoms with van der Waals surface area (Å²) < 4.78 is 24.6. The molecule has 0 amide bonds. The Bertz CT molecular complexity index is 643. The minimum absolute atomic E-state index is 0.00194. The Kier molecular flexibility index (Phi) is 6.05. The molecule has 3 atom stereocenters. The monoisotopic (exact) mass is 332 g/mol. The fourth-order valence-corrected chi connectivity index (χ4v) is 2.52. The molecule has 0 bridgehead atoms. The Morgan fingerprint density at radius 3 is 2.78 bits per heavy atom. The summed E-state index contributed by atoms with van der Waals surface area (Å²) in [6.45, 7) is 0.510. The van der Waals surface area contributed by atoms with E-state index in [1.807, 2.05) is 0 Å². The molecule has 130 valence electrons. The van der Waals surface area contributed by atoms with Gasteiger partial charge in [0.2, 0.25) is 0 Å². The second kappa shape index (κ2) is 7.82. The van der Waals surface area contributed by atoms with Crippen LogP contribution in [0.4, 0.5) is 4.39 Å². The molecule has 2 N–H and O–H groups in total. The zero-order valence-corrected chi connectivity index (χ0v) is 12.9. The van der Waals surface area contributed by atoms with Gasteiger partial charge in [0.05, 0.1) is 32.5 Å². The van der Waals surface area contributed by atoms with Gasteiger partial charge in [-0.05, 0) is 6.92 Å². The third-order valence-electron chi connectivity index (χ3n) is 3.74. The van der Waals surface area contributed by atoms with Crippen LogP contribution in [0.25, 0.3) is 0 Å². The van der Waals surface area contributed by atoms with Crippen LogP contribution < -0.4 is 11.2 Å². The van der Waals surface area contributed by atoms with Crippen LogP contribution in [0, 0.1) is 6.92 Å². The lowest BCUT2D eigenvalue weighted by atomic mass is 10.2. The van der Waals surface area contributed by atoms with Gasteiger partial charge >= 0.3 is 5.69 Å². The van der Waals surface area contributed by atoms with Crippen molar-refractivity contribution in [1.29, 1.82) is 0 Å². The molecule has 0 aliphatic carbocycles. The highest BCUT2D eigenvalue weighted by Gasteiger charge is 2.35. The minimum Gasteiger partial charge on any atom is -0.394 e. The van der Waals surface area contributed by atoms with Crippen LogP contribution in [0.15, 0.2) is 15.8 Å². The van der Waals surface area contributed by atoms with E-state index >= 15 is 0 Å². The molecule has 2 rings (SSSR count). The van der Waals surface area contributed by atoms with E-state index in [1.165, 1.54) is 10.8 Å². The predicted molar refractivity (Wildman–Crippen MR) is 78.1 cm³/mol. The van der Waals surface area contributed by atoms with E-state index in [9.17, 15) is 19.1 Å². The number of halogens is 1. The van der Waals surface area contributed by atoms with Gasteiger partial charge in [0.1, 0.15) is 19.0 Å². The standard InChI is InChI=1S/C14H21FN2O6/c1-9-7-17(12-6-10(19)11(8-18)23-12)14(21)16(13(9)20)3-5-22-4-2-15/h7,10-12,18-19H,2-6,8H2,1H3/t10-,11-,12-/m1/s1. The minimum atomic E-state index is -0.884. The van der Waals surface area contributed by atoms with E-state index in [0.29, 0.717) is 5.56 Å². The molecule has 8 nitrogen and oxygen atoms in total. The van der Waals surface area contributed by atoms with Gasteiger partial charge in [-0.15, -0.1) is 0 Å². The number of hydrogen-bond donors (Lipinski definition) is 2. The summed E-state index contributed by atoms with van der Waals surface area (Å²) >= 11 is 0. The molecular formula is C14H21FN2O6. The average Bonchev–Trinajstić information content (AvgIpc) is 2.91. The highest BCUT2D eigenvalue weighted by atomic mass is 19.1. The third kappa shape index (κ3) is 3.86. The van der Waals surface area contributed by atoms with Crippen LogP contribution >= 0.6 is 0 Å². The number of aryl methyl sites for hydroxylation is 1. The van der Waals surface area contributed by atoms with Crippen LogP contribution in [0.5, 0.6) is 0 Å². The summed E-state index contributed by atoms with van der Waals surface area (Å²) in [5, 5.41) is 18.9. The molecule has 0 radical (unpaired) electrons. The number of nitrogens with zero attached hydrogens (tertiary/aromatic N) is 2. The summed E-state index contributed by atoms with van der Waals surface area (Å²) in [4.78, 5) is 24.6. The maximum atomic E-state index is 12.5. The SMILES string of the molecule is Cc1cn([C@H]2C[C@@H](O)[C@@H](CO)O2)c(=O)n(CCOCCF)c1=O. The summed E-state index contributed by atoms with van der Waals surface area (Å²) in [6.07, 6.45) is -0.889. The third-order valence-corrected chi connectivity index (χ3v) is 3.74. The summed E-state index contributed by atoms with van der Waals surface area (Å²) in [5.74, 6) is 0. The maximum Gasteiger partial charge on any atom is 0.333 e. The van der Waals surface area contributed by atoms with Crippen LogP contribution in [-0.4, -0.2) is 58.1 Å². The second-order valence-corrected chi connectivity index (χ2v) is 5.37. The second-order valence-electron chi connectivity index (χ2n) is 5.37. The Morgan fingerprint density at radius 1 is 1.43 bits per heavy atom. The highest BCUT2D eigenvalue weighted by Crippen LogP contribution is 2.27. The van der Waals surface area contributed by atoms with E-state index in [1.54, 1.807) is 6.92 Å². The summed E-state index contributed by atoms with van der Waals surface area (Å²) in [5.41, 5.74) is -0.715. The lowest BCUT2D eigenvalue weighted by Gasteiger charge is -2.17. The fourth-order valence-electron chi connectivity index (χ4n) is 2.52. The molecule has 9 heteroatoms. The van der Waals surface area contributed by atoms with Crippen LogP contribution in [0.3, 0.4) is 0 Å².